The smallest absolute Gasteiger partial charge is 0.123 e. The number of nitrogens with one attached hydrogen (secondary N) is 1. The quantitative estimate of drug-likeness (QED) is 0.695. The summed E-state index contributed by atoms with van der Waals surface area (Å²) in [5.74, 6) is -0.230. The van der Waals surface area contributed by atoms with E-state index in [0.717, 1.165) is 5.56 Å². The molecule has 0 aliphatic carbocycles. The summed E-state index contributed by atoms with van der Waals surface area (Å²) in [7, 11) is 1.52. The Balaban J connectivity index is 2.58. The molecule has 64 valence electrons. The van der Waals surface area contributed by atoms with Gasteiger partial charge in [-0.3, -0.25) is 10.3 Å². The summed E-state index contributed by atoms with van der Waals surface area (Å²) in [6.45, 7) is 0. The zero-order valence-corrected chi connectivity index (χ0v) is 6.75. The van der Waals surface area contributed by atoms with Gasteiger partial charge in [0, 0.05) is 6.20 Å². The maximum absolute atomic E-state index is 12.4. The monoisotopic (exact) mass is 167 g/mol. The van der Waals surface area contributed by atoms with Gasteiger partial charge in [0.1, 0.15) is 5.82 Å². The van der Waals surface area contributed by atoms with Crippen LogP contribution in [-0.2, 0) is 4.84 Å². The minimum Gasteiger partial charge on any atom is -0.280 e. The van der Waals surface area contributed by atoms with E-state index in [0.29, 0.717) is 0 Å². The van der Waals surface area contributed by atoms with Crippen molar-refractivity contribution in [3.8, 4) is 0 Å². The molecule has 1 rings (SSSR count). The molecule has 0 heterocycles. The summed E-state index contributed by atoms with van der Waals surface area (Å²) in [5.41, 5.74) is 3.45. The molecule has 0 aromatic heterocycles. The van der Waals surface area contributed by atoms with Crippen LogP contribution in [0.1, 0.15) is 5.56 Å². The lowest BCUT2D eigenvalue weighted by molar-refractivity contribution is 0.129. The molecule has 12 heavy (non-hydrogen) atoms. The standard InChI is InChI=1S/C9H10FNO/c1-12-11-7-6-8-2-4-9(10)5-3-8/h2-7,11H,1H3. The molecule has 0 radical (unpaired) electrons. The molecule has 2 nitrogen and oxygen atoms in total. The molecule has 0 amide bonds. The van der Waals surface area contributed by atoms with Crippen LogP contribution in [0, 0.1) is 5.82 Å². The molecular formula is C9H10FNO. The molecule has 0 aliphatic heterocycles. The van der Waals surface area contributed by atoms with Gasteiger partial charge in [-0.05, 0) is 23.8 Å². The third kappa shape index (κ3) is 2.72. The number of benzene rings is 1. The van der Waals surface area contributed by atoms with E-state index in [1.807, 2.05) is 0 Å². The van der Waals surface area contributed by atoms with Crippen molar-refractivity contribution in [2.24, 2.45) is 0 Å². The van der Waals surface area contributed by atoms with Gasteiger partial charge < -0.3 is 0 Å². The van der Waals surface area contributed by atoms with Gasteiger partial charge in [0.15, 0.2) is 0 Å². The van der Waals surface area contributed by atoms with Crippen molar-refractivity contribution in [3.63, 3.8) is 0 Å². The molecule has 0 saturated carbocycles. The van der Waals surface area contributed by atoms with Crippen molar-refractivity contribution < 1.29 is 9.23 Å². The van der Waals surface area contributed by atoms with E-state index in [-0.39, 0.29) is 5.82 Å². The number of hydroxylamine groups is 1. The van der Waals surface area contributed by atoms with Crippen LogP contribution in [0.5, 0.6) is 0 Å². The highest BCUT2D eigenvalue weighted by molar-refractivity contribution is 5.48. The Labute approximate surface area is 70.6 Å². The molecule has 1 aromatic carbocycles. The van der Waals surface area contributed by atoms with Crippen molar-refractivity contribution in [1.82, 2.24) is 5.48 Å². The maximum Gasteiger partial charge on any atom is 0.123 e. The van der Waals surface area contributed by atoms with Crippen LogP contribution in [0.15, 0.2) is 30.5 Å². The summed E-state index contributed by atoms with van der Waals surface area (Å²) >= 11 is 0. The maximum atomic E-state index is 12.4. The van der Waals surface area contributed by atoms with E-state index in [4.69, 9.17) is 0 Å². The second kappa shape index (κ2) is 4.51. The molecule has 0 spiro atoms. The first-order chi connectivity index (χ1) is 5.83. The Morgan fingerprint density at radius 1 is 1.33 bits per heavy atom. The Bertz CT molecular complexity index is 256. The Kier molecular flexibility index (Phi) is 3.29. The number of hydrogen-bond donors (Lipinski definition) is 1. The molecule has 1 N–H and O–H groups in total. The minimum atomic E-state index is -0.230. The van der Waals surface area contributed by atoms with Crippen molar-refractivity contribution in [3.05, 3.63) is 41.8 Å². The van der Waals surface area contributed by atoms with Gasteiger partial charge in [0.05, 0.1) is 7.11 Å². The SMILES string of the molecule is CONC=Cc1ccc(F)cc1. The van der Waals surface area contributed by atoms with Crippen LogP contribution in [-0.4, -0.2) is 7.11 Å². The fourth-order valence-corrected chi connectivity index (χ4v) is 0.772. The number of rotatable bonds is 3. The zero-order valence-electron chi connectivity index (χ0n) is 6.75. The van der Waals surface area contributed by atoms with Crippen molar-refractivity contribution in [2.75, 3.05) is 7.11 Å². The first-order valence-electron chi connectivity index (χ1n) is 3.53. The lowest BCUT2D eigenvalue weighted by atomic mass is 10.2. The predicted octanol–water partition coefficient (Wildman–Crippen LogP) is 1.95. The van der Waals surface area contributed by atoms with Crippen LogP contribution >= 0.6 is 0 Å². The van der Waals surface area contributed by atoms with Gasteiger partial charge in [-0.25, -0.2) is 4.39 Å². The van der Waals surface area contributed by atoms with E-state index < -0.39 is 0 Å². The van der Waals surface area contributed by atoms with Crippen LogP contribution in [0.3, 0.4) is 0 Å². The average molecular weight is 167 g/mol. The number of halogens is 1. The van der Waals surface area contributed by atoms with E-state index in [2.05, 4.69) is 10.3 Å². The minimum absolute atomic E-state index is 0.230. The zero-order chi connectivity index (χ0) is 8.81. The van der Waals surface area contributed by atoms with Crippen molar-refractivity contribution in [2.45, 2.75) is 0 Å². The summed E-state index contributed by atoms with van der Waals surface area (Å²) < 4.78 is 12.4. The van der Waals surface area contributed by atoms with Gasteiger partial charge in [-0.1, -0.05) is 12.1 Å². The van der Waals surface area contributed by atoms with Gasteiger partial charge in [0.2, 0.25) is 0 Å². The Hall–Kier alpha value is -1.35. The van der Waals surface area contributed by atoms with Crippen LogP contribution < -0.4 is 5.48 Å². The molecule has 0 atom stereocenters. The summed E-state index contributed by atoms with van der Waals surface area (Å²) in [6.07, 6.45) is 3.41. The molecule has 0 unspecified atom stereocenters. The predicted molar refractivity (Wildman–Crippen MR) is 45.6 cm³/mol. The third-order valence-corrected chi connectivity index (χ3v) is 1.33. The molecule has 0 saturated heterocycles. The van der Waals surface area contributed by atoms with Crippen molar-refractivity contribution in [1.29, 1.82) is 0 Å². The first kappa shape index (κ1) is 8.74. The molecule has 0 bridgehead atoms. The largest absolute Gasteiger partial charge is 0.280 e. The second-order valence-corrected chi connectivity index (χ2v) is 2.21. The fourth-order valence-electron chi connectivity index (χ4n) is 0.772. The van der Waals surface area contributed by atoms with Crippen LogP contribution in [0.4, 0.5) is 4.39 Å². The summed E-state index contributed by atoms with van der Waals surface area (Å²) in [5, 5.41) is 0. The molecule has 3 heteroatoms. The Morgan fingerprint density at radius 2 is 2.00 bits per heavy atom. The lowest BCUT2D eigenvalue weighted by Gasteiger charge is -1.94. The van der Waals surface area contributed by atoms with Gasteiger partial charge in [-0.2, -0.15) is 0 Å². The second-order valence-electron chi connectivity index (χ2n) is 2.21. The van der Waals surface area contributed by atoms with E-state index >= 15 is 0 Å². The molecule has 0 fully saturated rings. The normalized spacial score (nSPS) is 10.5. The van der Waals surface area contributed by atoms with E-state index in [1.165, 1.54) is 19.2 Å². The average Bonchev–Trinajstić information content (AvgIpc) is 2.09. The highest BCUT2D eigenvalue weighted by atomic mass is 19.1. The summed E-state index contributed by atoms with van der Waals surface area (Å²) in [6, 6.07) is 6.19. The van der Waals surface area contributed by atoms with Gasteiger partial charge >= 0.3 is 0 Å². The molecule has 0 aliphatic rings. The number of hydrogen-bond acceptors (Lipinski definition) is 2. The van der Waals surface area contributed by atoms with Gasteiger partial charge in [-0.15, -0.1) is 0 Å². The van der Waals surface area contributed by atoms with Gasteiger partial charge in [0.25, 0.3) is 0 Å². The highest BCUT2D eigenvalue weighted by Crippen LogP contribution is 2.03. The summed E-state index contributed by atoms with van der Waals surface area (Å²) in [4.78, 5) is 4.58. The topological polar surface area (TPSA) is 21.3 Å². The van der Waals surface area contributed by atoms with Crippen molar-refractivity contribution >= 4 is 6.08 Å². The van der Waals surface area contributed by atoms with Crippen LogP contribution in [0.2, 0.25) is 0 Å². The first-order valence-corrected chi connectivity index (χ1v) is 3.53. The Morgan fingerprint density at radius 3 is 2.58 bits per heavy atom. The highest BCUT2D eigenvalue weighted by Gasteiger charge is 1.87. The molecule has 1 aromatic rings. The van der Waals surface area contributed by atoms with E-state index in [1.54, 1.807) is 24.4 Å². The van der Waals surface area contributed by atoms with E-state index in [9.17, 15) is 4.39 Å². The molecular weight excluding hydrogens is 157 g/mol. The lowest BCUT2D eigenvalue weighted by Crippen LogP contribution is -1.99. The van der Waals surface area contributed by atoms with Crippen LogP contribution in [0.25, 0.3) is 6.08 Å². The fraction of sp³-hybridized carbons (Fsp3) is 0.111. The third-order valence-electron chi connectivity index (χ3n) is 1.33.